The number of aryl methyl sites for hydroxylation is 4. The van der Waals surface area contributed by atoms with Crippen molar-refractivity contribution >= 4 is 17.6 Å². The number of nitrogens with zero attached hydrogens (tertiary/aromatic N) is 5. The minimum atomic E-state index is 0.301. The Morgan fingerprint density at radius 2 is 1.34 bits per heavy atom. The topological polar surface area (TPSA) is 94.5 Å². The van der Waals surface area contributed by atoms with E-state index in [1.807, 2.05) is 0 Å². The summed E-state index contributed by atoms with van der Waals surface area (Å²) < 4.78 is 1.60. The molecule has 7 nitrogen and oxygen atoms in total. The highest BCUT2D eigenvalue weighted by molar-refractivity contribution is 5.68. The van der Waals surface area contributed by atoms with E-state index in [2.05, 4.69) is 69.0 Å². The van der Waals surface area contributed by atoms with Crippen LogP contribution in [0.15, 0.2) is 48.5 Å². The van der Waals surface area contributed by atoms with Crippen LogP contribution in [0.25, 0.3) is 17.1 Å². The maximum absolute atomic E-state index is 6.36. The van der Waals surface area contributed by atoms with Crippen molar-refractivity contribution in [1.29, 1.82) is 0 Å². The summed E-state index contributed by atoms with van der Waals surface area (Å²) in [7, 11) is 0. The van der Waals surface area contributed by atoms with Gasteiger partial charge >= 0.3 is 0 Å². The third-order valence-corrected chi connectivity index (χ3v) is 10.5. The first-order valence-corrected chi connectivity index (χ1v) is 17.3. The number of anilines is 3. The van der Waals surface area contributed by atoms with E-state index in [1.54, 1.807) is 4.68 Å². The number of nitrogens with one attached hydrogen (secondary N) is 1. The Bertz CT molecular complexity index is 1560. The molecule has 0 bridgehead atoms. The normalized spacial score (nSPS) is 19.9. The van der Waals surface area contributed by atoms with Crippen molar-refractivity contribution in [2.75, 3.05) is 11.1 Å². The standard InChI is InChI=1S/C37H47N7/c38-36-40-37(43-44(36)34-25-31-16-11-15-29-14-9-10-17-33(29)35(31)42-41-34)39-32-23-22-28-19-18-27(20-21-30(28)24-32)26-12-7-5-3-1-2-4-6-8-13-26/h9-10,14,17,22-27H,1-8,11-13,15-16,18-21H2,(H3,38,39,40,43)/t27-/m0/s1. The Labute approximate surface area is 262 Å². The van der Waals surface area contributed by atoms with Crippen LogP contribution in [0, 0.1) is 11.8 Å². The van der Waals surface area contributed by atoms with Gasteiger partial charge in [0.25, 0.3) is 0 Å². The smallest absolute Gasteiger partial charge is 0.248 e. The van der Waals surface area contributed by atoms with Crippen LogP contribution in [0.5, 0.6) is 0 Å². The van der Waals surface area contributed by atoms with Crippen molar-refractivity contribution in [3.8, 4) is 17.1 Å². The third kappa shape index (κ3) is 6.52. The van der Waals surface area contributed by atoms with E-state index < -0.39 is 0 Å². The van der Waals surface area contributed by atoms with Gasteiger partial charge in [-0.15, -0.1) is 15.3 Å². The Hall–Kier alpha value is -3.74. The molecule has 7 heteroatoms. The first-order valence-electron chi connectivity index (χ1n) is 17.3. The van der Waals surface area contributed by atoms with Crippen LogP contribution >= 0.6 is 0 Å². The van der Waals surface area contributed by atoms with E-state index in [0.717, 1.165) is 48.9 Å². The number of nitrogen functional groups attached to an aromatic ring is 1. The summed E-state index contributed by atoms with van der Waals surface area (Å²) in [6.45, 7) is 0. The number of nitrogens with two attached hydrogens (primary N) is 1. The van der Waals surface area contributed by atoms with Crippen LogP contribution in [-0.2, 0) is 25.7 Å². The summed E-state index contributed by atoms with van der Waals surface area (Å²) in [5, 5.41) is 17.3. The maximum atomic E-state index is 6.36. The predicted octanol–water partition coefficient (Wildman–Crippen LogP) is 8.56. The molecule has 0 spiro atoms. The van der Waals surface area contributed by atoms with Gasteiger partial charge < -0.3 is 11.1 Å². The van der Waals surface area contributed by atoms with Gasteiger partial charge in [-0.05, 0) is 97.2 Å². The summed E-state index contributed by atoms with van der Waals surface area (Å²) >= 11 is 0. The number of hydrogen-bond acceptors (Lipinski definition) is 6. The van der Waals surface area contributed by atoms with Crippen molar-refractivity contribution in [2.24, 2.45) is 11.8 Å². The molecular weight excluding hydrogens is 542 g/mol. The van der Waals surface area contributed by atoms with Crippen molar-refractivity contribution in [3.05, 3.63) is 70.8 Å². The lowest BCUT2D eigenvalue weighted by Crippen LogP contribution is -2.16. The second kappa shape index (κ2) is 13.5. The molecule has 0 unspecified atom stereocenters. The lowest BCUT2D eigenvalue weighted by atomic mass is 9.79. The molecule has 44 heavy (non-hydrogen) atoms. The number of rotatable bonds is 4. The highest BCUT2D eigenvalue weighted by Gasteiger charge is 2.25. The SMILES string of the molecule is Nc1nc(Nc2ccc3c(c2)CC[C@@H](C2CCCCCCCCCC2)CC3)nn1-c1cc2c(nn1)-c1ccccc1CCC2. The van der Waals surface area contributed by atoms with Crippen molar-refractivity contribution in [2.45, 2.75) is 109 Å². The van der Waals surface area contributed by atoms with Gasteiger partial charge in [0.15, 0.2) is 5.82 Å². The fourth-order valence-corrected chi connectivity index (χ4v) is 8.02. The average Bonchev–Trinajstić information content (AvgIpc) is 3.20. The Morgan fingerprint density at radius 1 is 0.636 bits per heavy atom. The molecule has 3 N–H and O–H groups in total. The van der Waals surface area contributed by atoms with Crippen LogP contribution < -0.4 is 11.1 Å². The van der Waals surface area contributed by atoms with Gasteiger partial charge in [0.1, 0.15) is 0 Å². The monoisotopic (exact) mass is 589 g/mol. The zero-order valence-electron chi connectivity index (χ0n) is 26.1. The van der Waals surface area contributed by atoms with Gasteiger partial charge in [0.2, 0.25) is 11.9 Å². The first-order chi connectivity index (χ1) is 21.7. The molecule has 2 aromatic heterocycles. The largest absolute Gasteiger partial charge is 0.368 e. The summed E-state index contributed by atoms with van der Waals surface area (Å²) in [5.74, 6) is 3.14. The number of benzene rings is 2. The van der Waals surface area contributed by atoms with E-state index in [4.69, 9.17) is 10.8 Å². The minimum Gasteiger partial charge on any atom is -0.368 e. The molecule has 2 aromatic carbocycles. The van der Waals surface area contributed by atoms with E-state index in [-0.39, 0.29) is 0 Å². The van der Waals surface area contributed by atoms with Crippen LogP contribution in [0.3, 0.4) is 0 Å². The lowest BCUT2D eigenvalue weighted by molar-refractivity contribution is 0.255. The molecule has 230 valence electrons. The molecule has 7 rings (SSSR count). The summed E-state index contributed by atoms with van der Waals surface area (Å²) in [6, 6.07) is 17.4. The molecule has 3 aliphatic carbocycles. The van der Waals surface area contributed by atoms with Crippen molar-refractivity contribution in [1.82, 2.24) is 25.0 Å². The molecule has 0 radical (unpaired) electrons. The molecule has 2 heterocycles. The van der Waals surface area contributed by atoms with Gasteiger partial charge in [-0.1, -0.05) is 94.5 Å². The first kappa shape index (κ1) is 29.0. The second-order valence-electron chi connectivity index (χ2n) is 13.4. The van der Waals surface area contributed by atoms with Gasteiger partial charge in [-0.25, -0.2) is 0 Å². The zero-order valence-corrected chi connectivity index (χ0v) is 26.1. The molecule has 0 amide bonds. The van der Waals surface area contributed by atoms with Crippen LogP contribution in [0.1, 0.15) is 106 Å². The second-order valence-corrected chi connectivity index (χ2v) is 13.4. The summed E-state index contributed by atoms with van der Waals surface area (Å²) in [4.78, 5) is 4.54. The Morgan fingerprint density at radius 3 is 2.16 bits per heavy atom. The molecule has 0 aliphatic heterocycles. The summed E-state index contributed by atoms with van der Waals surface area (Å²) in [5.41, 5.74) is 15.0. The highest BCUT2D eigenvalue weighted by Crippen LogP contribution is 2.37. The fraction of sp³-hybridized carbons (Fsp3) is 0.514. The quantitative estimate of drug-likeness (QED) is 0.232. The number of hydrogen-bond donors (Lipinski definition) is 2. The van der Waals surface area contributed by atoms with E-state index in [0.29, 0.717) is 17.7 Å². The van der Waals surface area contributed by atoms with Crippen molar-refractivity contribution < 1.29 is 0 Å². The fourth-order valence-electron chi connectivity index (χ4n) is 8.02. The Balaban J connectivity index is 1.04. The number of aromatic nitrogens is 5. The molecule has 1 atom stereocenters. The zero-order chi connectivity index (χ0) is 29.7. The molecule has 1 saturated carbocycles. The molecule has 3 aliphatic rings. The molecular formula is C37H47N7. The lowest BCUT2D eigenvalue weighted by Gasteiger charge is -2.26. The Kier molecular flexibility index (Phi) is 8.89. The van der Waals surface area contributed by atoms with Crippen LogP contribution in [-0.4, -0.2) is 25.0 Å². The highest BCUT2D eigenvalue weighted by atomic mass is 15.4. The van der Waals surface area contributed by atoms with E-state index >= 15 is 0 Å². The third-order valence-electron chi connectivity index (χ3n) is 10.5. The van der Waals surface area contributed by atoms with Gasteiger partial charge in [-0.3, -0.25) is 0 Å². The maximum Gasteiger partial charge on any atom is 0.248 e. The molecule has 0 saturated heterocycles. The van der Waals surface area contributed by atoms with Crippen LogP contribution in [0.4, 0.5) is 17.6 Å². The molecule has 4 aromatic rings. The summed E-state index contributed by atoms with van der Waals surface area (Å²) in [6.07, 6.45) is 22.4. The van der Waals surface area contributed by atoms with Gasteiger partial charge in [-0.2, -0.15) is 9.67 Å². The minimum absolute atomic E-state index is 0.301. The number of fused-ring (bicyclic) bond motifs is 4. The predicted molar refractivity (Wildman–Crippen MR) is 178 cm³/mol. The van der Waals surface area contributed by atoms with E-state index in [9.17, 15) is 0 Å². The van der Waals surface area contributed by atoms with E-state index in [1.165, 1.54) is 111 Å². The molecule has 1 fully saturated rings. The van der Waals surface area contributed by atoms with Crippen molar-refractivity contribution in [3.63, 3.8) is 0 Å². The van der Waals surface area contributed by atoms with Crippen LogP contribution in [0.2, 0.25) is 0 Å². The van der Waals surface area contributed by atoms with Gasteiger partial charge in [0.05, 0.1) is 5.69 Å². The average molecular weight is 590 g/mol. The van der Waals surface area contributed by atoms with Gasteiger partial charge in [0, 0.05) is 11.3 Å².